The monoisotopic (exact) mass is 195 g/mol. The number of rotatable bonds is 2. The van der Waals surface area contributed by atoms with Crippen LogP contribution in [0.25, 0.3) is 0 Å². The third-order valence-corrected chi connectivity index (χ3v) is 1.12. The van der Waals surface area contributed by atoms with Gasteiger partial charge in [-0.1, -0.05) is 0 Å². The summed E-state index contributed by atoms with van der Waals surface area (Å²) in [6, 6.07) is 2.36. The van der Waals surface area contributed by atoms with Gasteiger partial charge >= 0.3 is 6.18 Å². The Balaban J connectivity index is 2.60. The van der Waals surface area contributed by atoms with E-state index in [4.69, 9.17) is 0 Å². The minimum atomic E-state index is -4.47. The molecule has 0 aliphatic heterocycles. The van der Waals surface area contributed by atoms with Crippen LogP contribution in [0.3, 0.4) is 0 Å². The van der Waals surface area contributed by atoms with Gasteiger partial charge in [-0.3, -0.25) is 0 Å². The largest absolute Gasteiger partial charge is 0.479 e. The number of nitrogens with zero attached hydrogens (tertiary/aromatic N) is 1. The minimum Gasteiger partial charge on any atom is -0.479 e. The zero-order valence-electron chi connectivity index (χ0n) is 6.31. The van der Waals surface area contributed by atoms with Crippen molar-refractivity contribution in [2.75, 3.05) is 6.61 Å². The molecule has 0 aromatic carbocycles. The number of ether oxygens (including phenoxy) is 1. The van der Waals surface area contributed by atoms with E-state index in [0.29, 0.717) is 0 Å². The smallest absolute Gasteiger partial charge is 0.422 e. The normalized spacial score (nSPS) is 11.4. The van der Waals surface area contributed by atoms with E-state index in [9.17, 15) is 17.6 Å². The molecule has 0 saturated heterocycles. The molecular weight excluding hydrogens is 190 g/mol. The Morgan fingerprint density at radius 1 is 1.38 bits per heavy atom. The lowest BCUT2D eigenvalue weighted by Crippen LogP contribution is -2.19. The van der Waals surface area contributed by atoms with Gasteiger partial charge in [-0.2, -0.15) is 17.6 Å². The van der Waals surface area contributed by atoms with Crippen LogP contribution < -0.4 is 4.74 Å². The van der Waals surface area contributed by atoms with Gasteiger partial charge in [0.15, 0.2) is 12.4 Å². The van der Waals surface area contributed by atoms with Gasteiger partial charge in [0.25, 0.3) is 5.95 Å². The van der Waals surface area contributed by atoms with Gasteiger partial charge < -0.3 is 4.74 Å². The van der Waals surface area contributed by atoms with E-state index in [1.165, 1.54) is 6.07 Å². The van der Waals surface area contributed by atoms with Crippen molar-refractivity contribution in [3.63, 3.8) is 0 Å². The van der Waals surface area contributed by atoms with Crippen LogP contribution in [0.15, 0.2) is 18.3 Å². The van der Waals surface area contributed by atoms with E-state index < -0.39 is 24.5 Å². The van der Waals surface area contributed by atoms with Crippen LogP contribution >= 0.6 is 0 Å². The number of pyridine rings is 1. The molecule has 0 atom stereocenters. The van der Waals surface area contributed by atoms with E-state index in [0.717, 1.165) is 12.3 Å². The summed E-state index contributed by atoms with van der Waals surface area (Å²) in [4.78, 5) is 3.12. The first kappa shape index (κ1) is 9.76. The average Bonchev–Trinajstić information content (AvgIpc) is 2.01. The molecule has 0 aliphatic carbocycles. The Morgan fingerprint density at radius 3 is 2.62 bits per heavy atom. The van der Waals surface area contributed by atoms with Gasteiger partial charge in [0.05, 0.1) is 0 Å². The second-order valence-electron chi connectivity index (χ2n) is 2.20. The first-order valence-corrected chi connectivity index (χ1v) is 3.29. The van der Waals surface area contributed by atoms with Crippen molar-refractivity contribution in [1.29, 1.82) is 0 Å². The summed E-state index contributed by atoms with van der Waals surface area (Å²) < 4.78 is 51.5. The molecule has 1 aromatic heterocycles. The SMILES string of the molecule is Fc1ncccc1OCC(F)(F)F. The van der Waals surface area contributed by atoms with Crippen LogP contribution in [0.1, 0.15) is 0 Å². The molecule has 72 valence electrons. The van der Waals surface area contributed by atoms with E-state index in [-0.39, 0.29) is 0 Å². The van der Waals surface area contributed by atoms with Crippen molar-refractivity contribution in [2.24, 2.45) is 0 Å². The molecule has 2 nitrogen and oxygen atoms in total. The van der Waals surface area contributed by atoms with Gasteiger partial charge in [-0.05, 0) is 12.1 Å². The fraction of sp³-hybridized carbons (Fsp3) is 0.286. The molecule has 0 aliphatic rings. The zero-order chi connectivity index (χ0) is 9.90. The van der Waals surface area contributed by atoms with E-state index in [2.05, 4.69) is 9.72 Å². The molecule has 0 radical (unpaired) electrons. The highest BCUT2D eigenvalue weighted by Crippen LogP contribution is 2.19. The number of aromatic nitrogens is 1. The lowest BCUT2D eigenvalue weighted by molar-refractivity contribution is -0.153. The standard InChI is InChI=1S/C7H5F4NO/c8-6-5(2-1-3-12-6)13-4-7(9,10)11/h1-3H,4H2. The Kier molecular flexibility index (Phi) is 2.69. The Labute approximate surface area is 71.2 Å². The maximum absolute atomic E-state index is 12.6. The van der Waals surface area contributed by atoms with E-state index in [1.807, 2.05) is 0 Å². The summed E-state index contributed by atoms with van der Waals surface area (Å²) in [5.74, 6) is -1.55. The van der Waals surface area contributed by atoms with Crippen molar-refractivity contribution >= 4 is 0 Å². The molecule has 13 heavy (non-hydrogen) atoms. The summed E-state index contributed by atoms with van der Waals surface area (Å²) in [5, 5.41) is 0. The highest BCUT2D eigenvalue weighted by Gasteiger charge is 2.28. The minimum absolute atomic E-state index is 0.500. The van der Waals surface area contributed by atoms with Crippen LogP contribution in [0.5, 0.6) is 5.75 Å². The van der Waals surface area contributed by atoms with Gasteiger partial charge in [0, 0.05) is 6.20 Å². The predicted octanol–water partition coefficient (Wildman–Crippen LogP) is 2.16. The molecule has 6 heteroatoms. The van der Waals surface area contributed by atoms with Gasteiger partial charge in [-0.25, -0.2) is 4.98 Å². The summed E-state index contributed by atoms with van der Waals surface area (Å²) in [6.07, 6.45) is -3.35. The first-order chi connectivity index (χ1) is 5.99. The van der Waals surface area contributed by atoms with Crippen molar-refractivity contribution in [3.8, 4) is 5.75 Å². The maximum atomic E-state index is 12.6. The summed E-state index contributed by atoms with van der Waals surface area (Å²) in [7, 11) is 0. The molecule has 0 amide bonds. The molecule has 1 heterocycles. The Morgan fingerprint density at radius 2 is 2.08 bits per heavy atom. The lowest BCUT2D eigenvalue weighted by Gasteiger charge is -2.08. The quantitative estimate of drug-likeness (QED) is 0.532. The average molecular weight is 195 g/mol. The van der Waals surface area contributed by atoms with Gasteiger partial charge in [0.1, 0.15) is 0 Å². The van der Waals surface area contributed by atoms with Crippen molar-refractivity contribution in [2.45, 2.75) is 6.18 Å². The highest BCUT2D eigenvalue weighted by molar-refractivity contribution is 5.17. The topological polar surface area (TPSA) is 22.1 Å². The second-order valence-corrected chi connectivity index (χ2v) is 2.20. The van der Waals surface area contributed by atoms with E-state index >= 15 is 0 Å². The molecule has 1 aromatic rings. The molecule has 0 N–H and O–H groups in total. The predicted molar refractivity (Wildman–Crippen MR) is 35.7 cm³/mol. The molecule has 0 unspecified atom stereocenters. The summed E-state index contributed by atoms with van der Waals surface area (Å²) >= 11 is 0. The lowest BCUT2D eigenvalue weighted by atomic mass is 10.4. The maximum Gasteiger partial charge on any atom is 0.422 e. The number of hydrogen-bond acceptors (Lipinski definition) is 2. The molecule has 0 fully saturated rings. The molecular formula is C7H5F4NO. The first-order valence-electron chi connectivity index (χ1n) is 3.29. The van der Waals surface area contributed by atoms with Crippen LogP contribution in [-0.2, 0) is 0 Å². The number of halogens is 4. The van der Waals surface area contributed by atoms with Gasteiger partial charge in [-0.15, -0.1) is 0 Å². The highest BCUT2D eigenvalue weighted by atomic mass is 19.4. The van der Waals surface area contributed by atoms with Crippen molar-refractivity contribution in [3.05, 3.63) is 24.3 Å². The second kappa shape index (κ2) is 3.59. The third-order valence-electron chi connectivity index (χ3n) is 1.12. The number of hydrogen-bond donors (Lipinski definition) is 0. The zero-order valence-corrected chi connectivity index (χ0v) is 6.31. The van der Waals surface area contributed by atoms with Gasteiger partial charge in [0.2, 0.25) is 0 Å². The molecule has 0 bridgehead atoms. The van der Waals surface area contributed by atoms with Crippen LogP contribution in [0.4, 0.5) is 17.6 Å². The fourth-order valence-corrected chi connectivity index (χ4v) is 0.639. The van der Waals surface area contributed by atoms with E-state index in [1.54, 1.807) is 0 Å². The Hall–Kier alpha value is -1.33. The molecule has 1 rings (SSSR count). The Bertz CT molecular complexity index is 286. The van der Waals surface area contributed by atoms with Crippen molar-refractivity contribution < 1.29 is 22.3 Å². The van der Waals surface area contributed by atoms with Crippen molar-refractivity contribution in [1.82, 2.24) is 4.98 Å². The third kappa shape index (κ3) is 3.27. The fourth-order valence-electron chi connectivity index (χ4n) is 0.639. The summed E-state index contributed by atoms with van der Waals surface area (Å²) in [6.45, 7) is -1.52. The number of alkyl halides is 3. The van der Waals surface area contributed by atoms with Crippen LogP contribution in [0, 0.1) is 5.95 Å². The molecule has 0 saturated carbocycles. The summed E-state index contributed by atoms with van der Waals surface area (Å²) in [5.41, 5.74) is 0. The molecule has 0 spiro atoms. The van der Waals surface area contributed by atoms with Crippen LogP contribution in [-0.4, -0.2) is 17.8 Å². The van der Waals surface area contributed by atoms with Crippen LogP contribution in [0.2, 0.25) is 0 Å².